The van der Waals surface area contributed by atoms with Crippen LogP contribution in [0.2, 0.25) is 0 Å². The van der Waals surface area contributed by atoms with E-state index in [9.17, 15) is 19.3 Å². The molecule has 0 bridgehead atoms. The lowest BCUT2D eigenvalue weighted by molar-refractivity contribution is -0.385. The summed E-state index contributed by atoms with van der Waals surface area (Å²) >= 11 is 0. The van der Waals surface area contributed by atoms with Gasteiger partial charge in [-0.25, -0.2) is 19.6 Å². The van der Waals surface area contributed by atoms with E-state index in [-0.39, 0.29) is 17.3 Å². The normalized spacial score (nSPS) is 10.7. The van der Waals surface area contributed by atoms with Crippen molar-refractivity contribution in [2.45, 2.75) is 26.4 Å². The van der Waals surface area contributed by atoms with Gasteiger partial charge >= 0.3 is 6.09 Å². The first-order valence-electron chi connectivity index (χ1n) is 8.09. The third-order valence-electron chi connectivity index (χ3n) is 3.18. The summed E-state index contributed by atoms with van der Waals surface area (Å²) < 4.78 is 24.7. The van der Waals surface area contributed by atoms with E-state index in [1.807, 2.05) is 0 Å². The van der Waals surface area contributed by atoms with Gasteiger partial charge in [-0.2, -0.15) is 0 Å². The first-order valence-corrected chi connectivity index (χ1v) is 8.09. The fourth-order valence-electron chi connectivity index (χ4n) is 2.06. The summed E-state index contributed by atoms with van der Waals surface area (Å²) in [6.07, 6.45) is 2.03. The number of nitrogens with zero attached hydrogens (tertiary/aromatic N) is 2. The number of hydrogen-bond donors (Lipinski definition) is 2. The van der Waals surface area contributed by atoms with Crippen LogP contribution in [0, 0.1) is 15.9 Å². The van der Waals surface area contributed by atoms with Gasteiger partial charge in [0.1, 0.15) is 11.4 Å². The molecule has 2 N–H and O–H groups in total. The van der Waals surface area contributed by atoms with E-state index in [1.54, 1.807) is 20.8 Å². The number of nitro groups is 1. The Hall–Kier alpha value is -3.69. The number of pyridine rings is 1. The third kappa shape index (κ3) is 5.40. The van der Waals surface area contributed by atoms with Gasteiger partial charge in [0.2, 0.25) is 0 Å². The van der Waals surface area contributed by atoms with Crippen molar-refractivity contribution < 1.29 is 23.6 Å². The smallest absolute Gasteiger partial charge is 0.426 e. The summed E-state index contributed by atoms with van der Waals surface area (Å²) in [5, 5.41) is 10.7. The van der Waals surface area contributed by atoms with Gasteiger partial charge in [0.25, 0.3) is 5.69 Å². The minimum atomic E-state index is -0.901. The minimum absolute atomic E-state index is 0.172. The lowest BCUT2D eigenvalue weighted by Gasteiger charge is -2.20. The highest BCUT2D eigenvalue weighted by Crippen LogP contribution is 2.32. The standard InChI is InChI=1S/C18H19FN4O5/c1-5-12-14(27-15-7-6-11(23(25)26)10-13(15)19)8-9-20-16(12)21-22-17(24)28-18(2,3)4/h5-10H,1H2,2-4H3,(H,20,21)(H,22,24). The molecular formula is C18H19FN4O5. The highest BCUT2D eigenvalue weighted by molar-refractivity contribution is 5.73. The molecular weight excluding hydrogens is 371 g/mol. The molecule has 2 rings (SSSR count). The first kappa shape index (κ1) is 20.6. The fraction of sp³-hybridized carbons (Fsp3) is 0.222. The summed E-state index contributed by atoms with van der Waals surface area (Å²) in [6, 6.07) is 4.48. The molecule has 0 atom stereocenters. The lowest BCUT2D eigenvalue weighted by atomic mass is 10.2. The molecule has 0 aliphatic carbocycles. The second-order valence-electron chi connectivity index (χ2n) is 6.50. The van der Waals surface area contributed by atoms with Crippen LogP contribution in [-0.4, -0.2) is 21.6 Å². The quantitative estimate of drug-likeness (QED) is 0.554. The molecule has 0 saturated heterocycles. The summed E-state index contributed by atoms with van der Waals surface area (Å²) in [5.74, 6) is -0.764. The highest BCUT2D eigenvalue weighted by Gasteiger charge is 2.18. The summed E-state index contributed by atoms with van der Waals surface area (Å²) in [5.41, 5.74) is 4.16. The largest absolute Gasteiger partial charge is 0.453 e. The van der Waals surface area contributed by atoms with Gasteiger partial charge in [-0.05, 0) is 32.9 Å². The number of rotatable bonds is 6. The molecule has 9 nitrogen and oxygen atoms in total. The number of anilines is 1. The molecule has 10 heteroatoms. The fourth-order valence-corrected chi connectivity index (χ4v) is 2.06. The number of carbonyl (C=O) groups is 1. The van der Waals surface area contributed by atoms with Crippen LogP contribution in [0.15, 0.2) is 37.0 Å². The molecule has 1 amide bonds. The van der Waals surface area contributed by atoms with Crippen molar-refractivity contribution in [1.29, 1.82) is 0 Å². The van der Waals surface area contributed by atoms with E-state index in [4.69, 9.17) is 9.47 Å². The maximum Gasteiger partial charge on any atom is 0.426 e. The van der Waals surface area contributed by atoms with Crippen LogP contribution in [0.5, 0.6) is 11.5 Å². The van der Waals surface area contributed by atoms with E-state index in [0.29, 0.717) is 5.56 Å². The van der Waals surface area contributed by atoms with Gasteiger partial charge in [0, 0.05) is 12.3 Å². The lowest BCUT2D eigenvalue weighted by Crippen LogP contribution is -2.36. The Morgan fingerprint density at radius 3 is 2.61 bits per heavy atom. The van der Waals surface area contributed by atoms with Crippen molar-refractivity contribution in [2.75, 3.05) is 5.43 Å². The number of nitrogens with one attached hydrogen (secondary N) is 2. The van der Waals surface area contributed by atoms with Crippen molar-refractivity contribution in [3.05, 3.63) is 58.5 Å². The Labute approximate surface area is 160 Å². The van der Waals surface area contributed by atoms with Gasteiger partial charge in [-0.15, -0.1) is 0 Å². The number of hydrogen-bond acceptors (Lipinski definition) is 7. The zero-order valence-corrected chi connectivity index (χ0v) is 15.5. The van der Waals surface area contributed by atoms with Gasteiger partial charge in [0.15, 0.2) is 17.4 Å². The van der Waals surface area contributed by atoms with Crippen molar-refractivity contribution in [1.82, 2.24) is 10.4 Å². The molecule has 148 valence electrons. The van der Waals surface area contributed by atoms with Crippen LogP contribution in [0.1, 0.15) is 26.3 Å². The third-order valence-corrected chi connectivity index (χ3v) is 3.18. The maximum atomic E-state index is 14.1. The molecule has 0 radical (unpaired) electrons. The van der Waals surface area contributed by atoms with Gasteiger partial charge < -0.3 is 9.47 Å². The first-order chi connectivity index (χ1) is 13.1. The van der Waals surface area contributed by atoms with Gasteiger partial charge in [-0.1, -0.05) is 12.7 Å². The average Bonchev–Trinajstić information content (AvgIpc) is 2.60. The molecule has 0 unspecified atom stereocenters. The maximum absolute atomic E-state index is 14.1. The molecule has 0 aliphatic heterocycles. The summed E-state index contributed by atoms with van der Waals surface area (Å²) in [6.45, 7) is 8.80. The van der Waals surface area contributed by atoms with E-state index < -0.39 is 28.1 Å². The second-order valence-corrected chi connectivity index (χ2v) is 6.50. The van der Waals surface area contributed by atoms with E-state index in [0.717, 1.165) is 18.2 Å². The van der Waals surface area contributed by atoms with Crippen LogP contribution in [-0.2, 0) is 4.74 Å². The zero-order chi connectivity index (χ0) is 20.9. The number of carbonyl (C=O) groups excluding carboxylic acids is 1. The number of non-ortho nitro benzene ring substituents is 1. The Balaban J connectivity index is 2.21. The molecule has 1 heterocycles. The number of ether oxygens (including phenoxy) is 2. The Morgan fingerprint density at radius 1 is 1.32 bits per heavy atom. The monoisotopic (exact) mass is 390 g/mol. The SMILES string of the molecule is C=Cc1c(Oc2ccc([N+](=O)[O-])cc2F)ccnc1NNC(=O)OC(C)(C)C. The number of benzene rings is 1. The van der Waals surface area contributed by atoms with Crippen LogP contribution in [0.4, 0.5) is 20.7 Å². The molecule has 0 aliphatic rings. The zero-order valence-electron chi connectivity index (χ0n) is 15.5. The van der Waals surface area contributed by atoms with Gasteiger partial charge in [0.05, 0.1) is 16.6 Å². The van der Waals surface area contributed by atoms with Crippen molar-refractivity contribution >= 4 is 23.7 Å². The van der Waals surface area contributed by atoms with Crippen molar-refractivity contribution in [3.63, 3.8) is 0 Å². The minimum Gasteiger partial charge on any atom is -0.453 e. The number of nitro benzene ring substituents is 1. The average molecular weight is 390 g/mol. The number of aromatic nitrogens is 1. The topological polar surface area (TPSA) is 116 Å². The Morgan fingerprint density at radius 2 is 2.04 bits per heavy atom. The van der Waals surface area contributed by atoms with E-state index >= 15 is 0 Å². The van der Waals surface area contributed by atoms with E-state index in [2.05, 4.69) is 22.4 Å². The number of hydrazine groups is 1. The Kier molecular flexibility index (Phi) is 6.14. The summed E-state index contributed by atoms with van der Waals surface area (Å²) in [7, 11) is 0. The predicted molar refractivity (Wildman–Crippen MR) is 100 cm³/mol. The summed E-state index contributed by atoms with van der Waals surface area (Å²) in [4.78, 5) is 25.8. The molecule has 0 fully saturated rings. The van der Waals surface area contributed by atoms with Crippen LogP contribution in [0.3, 0.4) is 0 Å². The van der Waals surface area contributed by atoms with Crippen LogP contribution in [0.25, 0.3) is 6.08 Å². The predicted octanol–water partition coefficient (Wildman–Crippen LogP) is 4.42. The van der Waals surface area contributed by atoms with Crippen LogP contribution < -0.4 is 15.6 Å². The highest BCUT2D eigenvalue weighted by atomic mass is 19.1. The molecule has 1 aromatic carbocycles. The molecule has 28 heavy (non-hydrogen) atoms. The van der Waals surface area contributed by atoms with Crippen molar-refractivity contribution in [2.24, 2.45) is 0 Å². The molecule has 2 aromatic rings. The Bertz CT molecular complexity index is 911. The second kappa shape index (κ2) is 8.33. The van der Waals surface area contributed by atoms with E-state index in [1.165, 1.54) is 18.3 Å². The van der Waals surface area contributed by atoms with Crippen LogP contribution >= 0.6 is 0 Å². The molecule has 0 saturated carbocycles. The number of halogens is 1. The molecule has 1 aromatic heterocycles. The van der Waals surface area contributed by atoms with Gasteiger partial charge in [-0.3, -0.25) is 15.5 Å². The van der Waals surface area contributed by atoms with Crippen molar-refractivity contribution in [3.8, 4) is 11.5 Å². The molecule has 0 spiro atoms. The number of amides is 1.